The lowest BCUT2D eigenvalue weighted by Gasteiger charge is -2.25. The van der Waals surface area contributed by atoms with E-state index >= 15 is 0 Å². The molecule has 116 valence electrons. The molecule has 6 heteroatoms. The van der Waals surface area contributed by atoms with Crippen molar-refractivity contribution >= 4 is 11.8 Å². The van der Waals surface area contributed by atoms with Gasteiger partial charge in [-0.05, 0) is 6.42 Å². The van der Waals surface area contributed by atoms with Gasteiger partial charge in [0.25, 0.3) is 0 Å². The molecule has 1 aliphatic heterocycles. The quantitative estimate of drug-likeness (QED) is 0.837. The molecule has 0 aliphatic carbocycles. The van der Waals surface area contributed by atoms with Crippen molar-refractivity contribution in [2.45, 2.75) is 52.5 Å². The van der Waals surface area contributed by atoms with E-state index in [0.29, 0.717) is 32.5 Å². The number of nitrogens with one attached hydrogen (secondary N) is 1. The summed E-state index contributed by atoms with van der Waals surface area (Å²) in [6.45, 7) is 7.32. The van der Waals surface area contributed by atoms with E-state index < -0.39 is 0 Å². The number of carbonyl (C=O) groups is 2. The fraction of sp³-hybridized carbons (Fsp3) is 0.667. The van der Waals surface area contributed by atoms with Gasteiger partial charge in [-0.25, -0.2) is 4.98 Å². The Labute approximate surface area is 124 Å². The van der Waals surface area contributed by atoms with Crippen LogP contribution in [0.2, 0.25) is 0 Å². The van der Waals surface area contributed by atoms with Gasteiger partial charge in [0, 0.05) is 38.8 Å². The van der Waals surface area contributed by atoms with Crippen LogP contribution in [0.15, 0.2) is 4.42 Å². The number of amides is 2. The highest BCUT2D eigenvalue weighted by molar-refractivity contribution is 5.76. The van der Waals surface area contributed by atoms with Crippen LogP contribution < -0.4 is 5.32 Å². The monoisotopic (exact) mass is 293 g/mol. The summed E-state index contributed by atoms with van der Waals surface area (Å²) in [5, 5.41) is 2.70. The third-order valence-electron chi connectivity index (χ3n) is 3.53. The molecule has 0 spiro atoms. The number of oxazole rings is 1. The maximum Gasteiger partial charge on any atom is 0.223 e. The fourth-order valence-electron chi connectivity index (χ4n) is 2.34. The van der Waals surface area contributed by atoms with Crippen molar-refractivity contribution in [1.82, 2.24) is 15.2 Å². The molecule has 0 aromatic carbocycles. The predicted molar refractivity (Wildman–Crippen MR) is 77.6 cm³/mol. The van der Waals surface area contributed by atoms with E-state index in [9.17, 15) is 9.59 Å². The smallest absolute Gasteiger partial charge is 0.223 e. The topological polar surface area (TPSA) is 75.4 Å². The molecule has 0 bridgehead atoms. The van der Waals surface area contributed by atoms with Gasteiger partial charge < -0.3 is 14.6 Å². The molecule has 2 rings (SSSR count). The average molecular weight is 293 g/mol. The molecule has 2 heterocycles. The molecule has 0 saturated heterocycles. The second kappa shape index (κ2) is 6.74. The summed E-state index contributed by atoms with van der Waals surface area (Å²) in [4.78, 5) is 29.2. The van der Waals surface area contributed by atoms with E-state index in [-0.39, 0.29) is 17.7 Å². The predicted octanol–water partition coefficient (Wildman–Crippen LogP) is 1.60. The number of fused-ring (bicyclic) bond motifs is 1. The Morgan fingerprint density at radius 1 is 1.43 bits per heavy atom. The summed E-state index contributed by atoms with van der Waals surface area (Å²) < 4.78 is 5.72. The molecule has 0 saturated carbocycles. The van der Waals surface area contributed by atoms with E-state index in [1.807, 2.05) is 18.7 Å². The first-order valence-corrected chi connectivity index (χ1v) is 7.48. The standard InChI is InChI=1S/C15H23N3O3/c1-10(2)15-17-12-9-18(8-6-13(12)21-15)14(20)5-4-7-16-11(3)19/h10H,4-9H2,1-3H3,(H,16,19). The van der Waals surface area contributed by atoms with Gasteiger partial charge in [0.15, 0.2) is 5.89 Å². The van der Waals surface area contributed by atoms with E-state index in [1.54, 1.807) is 0 Å². The van der Waals surface area contributed by atoms with Crippen LogP contribution in [0, 0.1) is 0 Å². The first-order valence-electron chi connectivity index (χ1n) is 7.48. The molecule has 0 radical (unpaired) electrons. The average Bonchev–Trinajstić information content (AvgIpc) is 2.86. The summed E-state index contributed by atoms with van der Waals surface area (Å²) in [5.41, 5.74) is 0.889. The SMILES string of the molecule is CC(=O)NCCCC(=O)N1CCc2oc(C(C)C)nc2C1. The van der Waals surface area contributed by atoms with Gasteiger partial charge in [-0.2, -0.15) is 0 Å². The number of hydrogen-bond acceptors (Lipinski definition) is 4. The first-order chi connectivity index (χ1) is 9.97. The zero-order valence-electron chi connectivity index (χ0n) is 12.9. The van der Waals surface area contributed by atoms with Crippen molar-refractivity contribution in [3.8, 4) is 0 Å². The lowest BCUT2D eigenvalue weighted by atomic mass is 10.1. The fourth-order valence-corrected chi connectivity index (χ4v) is 2.34. The van der Waals surface area contributed by atoms with Gasteiger partial charge in [0.05, 0.1) is 6.54 Å². The summed E-state index contributed by atoms with van der Waals surface area (Å²) in [5.74, 6) is 1.98. The number of hydrogen-bond donors (Lipinski definition) is 1. The number of carbonyl (C=O) groups excluding carboxylic acids is 2. The lowest BCUT2D eigenvalue weighted by molar-refractivity contribution is -0.132. The molecule has 1 aromatic heterocycles. The minimum absolute atomic E-state index is 0.0612. The van der Waals surface area contributed by atoms with Gasteiger partial charge >= 0.3 is 0 Å². The van der Waals surface area contributed by atoms with Crippen LogP contribution >= 0.6 is 0 Å². The molecular formula is C15H23N3O3. The molecule has 0 unspecified atom stereocenters. The van der Waals surface area contributed by atoms with Gasteiger partial charge in [-0.15, -0.1) is 0 Å². The molecule has 0 fully saturated rings. The lowest BCUT2D eigenvalue weighted by Crippen LogP contribution is -2.36. The van der Waals surface area contributed by atoms with Crippen molar-refractivity contribution in [3.63, 3.8) is 0 Å². The molecule has 21 heavy (non-hydrogen) atoms. The van der Waals surface area contributed by atoms with Gasteiger partial charge in [0.2, 0.25) is 11.8 Å². The Morgan fingerprint density at radius 3 is 2.86 bits per heavy atom. The normalized spacial score (nSPS) is 14.2. The highest BCUT2D eigenvalue weighted by atomic mass is 16.4. The maximum absolute atomic E-state index is 12.1. The zero-order valence-corrected chi connectivity index (χ0v) is 12.9. The summed E-state index contributed by atoms with van der Waals surface area (Å²) in [7, 11) is 0. The van der Waals surface area contributed by atoms with Crippen LogP contribution in [-0.4, -0.2) is 34.8 Å². The molecule has 1 N–H and O–H groups in total. The van der Waals surface area contributed by atoms with Crippen LogP contribution in [0.3, 0.4) is 0 Å². The number of aromatic nitrogens is 1. The van der Waals surface area contributed by atoms with Crippen LogP contribution in [0.25, 0.3) is 0 Å². The Hall–Kier alpha value is -1.85. The molecule has 0 atom stereocenters. The van der Waals surface area contributed by atoms with E-state index in [0.717, 1.165) is 23.8 Å². The third-order valence-corrected chi connectivity index (χ3v) is 3.53. The minimum atomic E-state index is -0.0612. The molecule has 6 nitrogen and oxygen atoms in total. The Morgan fingerprint density at radius 2 is 2.19 bits per heavy atom. The third kappa shape index (κ3) is 4.06. The van der Waals surface area contributed by atoms with Gasteiger partial charge in [0.1, 0.15) is 11.5 Å². The largest absolute Gasteiger partial charge is 0.445 e. The van der Waals surface area contributed by atoms with E-state index in [2.05, 4.69) is 10.3 Å². The van der Waals surface area contributed by atoms with Crippen LogP contribution in [0.4, 0.5) is 0 Å². The summed E-state index contributed by atoms with van der Waals surface area (Å²) >= 11 is 0. The maximum atomic E-state index is 12.1. The van der Waals surface area contributed by atoms with Crippen molar-refractivity contribution in [2.75, 3.05) is 13.1 Å². The minimum Gasteiger partial charge on any atom is -0.445 e. The first kappa shape index (κ1) is 15.5. The van der Waals surface area contributed by atoms with Crippen LogP contribution in [0.5, 0.6) is 0 Å². The van der Waals surface area contributed by atoms with E-state index in [1.165, 1.54) is 6.92 Å². The zero-order chi connectivity index (χ0) is 15.4. The Bertz CT molecular complexity index is 522. The number of rotatable bonds is 5. The number of nitrogens with zero attached hydrogens (tertiary/aromatic N) is 2. The van der Waals surface area contributed by atoms with Gasteiger partial charge in [-0.3, -0.25) is 9.59 Å². The Kier molecular flexibility index (Phi) is 4.98. The summed E-state index contributed by atoms with van der Waals surface area (Å²) in [6, 6.07) is 0. The van der Waals surface area contributed by atoms with Crippen LogP contribution in [0.1, 0.15) is 56.9 Å². The Balaban J connectivity index is 1.85. The molecule has 2 amide bonds. The van der Waals surface area contributed by atoms with Crippen LogP contribution in [-0.2, 0) is 22.6 Å². The second-order valence-electron chi connectivity index (χ2n) is 5.73. The van der Waals surface area contributed by atoms with Crippen molar-refractivity contribution < 1.29 is 14.0 Å². The molecular weight excluding hydrogens is 270 g/mol. The molecule has 1 aliphatic rings. The van der Waals surface area contributed by atoms with Crippen molar-refractivity contribution in [2.24, 2.45) is 0 Å². The summed E-state index contributed by atoms with van der Waals surface area (Å²) in [6.07, 6.45) is 1.84. The molecule has 1 aromatic rings. The highest BCUT2D eigenvalue weighted by Crippen LogP contribution is 2.24. The van der Waals surface area contributed by atoms with Crippen molar-refractivity contribution in [1.29, 1.82) is 0 Å². The highest BCUT2D eigenvalue weighted by Gasteiger charge is 2.25. The second-order valence-corrected chi connectivity index (χ2v) is 5.73. The van der Waals surface area contributed by atoms with E-state index in [4.69, 9.17) is 4.42 Å². The van der Waals surface area contributed by atoms with Gasteiger partial charge in [-0.1, -0.05) is 13.8 Å². The van der Waals surface area contributed by atoms with Crippen molar-refractivity contribution in [3.05, 3.63) is 17.3 Å².